The highest BCUT2D eigenvalue weighted by molar-refractivity contribution is 5.76. The molecular weight excluding hydrogens is 298 g/mol. The van der Waals surface area contributed by atoms with Crippen LogP contribution in [0.5, 0.6) is 0 Å². The Hall–Kier alpha value is -1.30. The van der Waals surface area contributed by atoms with Crippen LogP contribution in [0, 0.1) is 11.3 Å². The van der Waals surface area contributed by atoms with E-state index in [0.29, 0.717) is 13.0 Å². The molecule has 6 heteroatoms. The summed E-state index contributed by atoms with van der Waals surface area (Å²) in [5, 5.41) is 9.74. The van der Waals surface area contributed by atoms with E-state index in [1.807, 2.05) is 27.7 Å². The Morgan fingerprint density at radius 3 is 2.17 bits per heavy atom. The second-order valence-electron chi connectivity index (χ2n) is 8.96. The van der Waals surface area contributed by atoms with Crippen molar-refractivity contribution in [3.63, 3.8) is 0 Å². The van der Waals surface area contributed by atoms with Crippen molar-refractivity contribution in [1.82, 2.24) is 4.90 Å². The molecule has 0 aromatic rings. The average molecular weight is 327 g/mol. The van der Waals surface area contributed by atoms with Crippen LogP contribution in [0.25, 0.3) is 0 Å². The minimum Gasteiger partial charge on any atom is -0.481 e. The summed E-state index contributed by atoms with van der Waals surface area (Å²) in [6.45, 7) is 13.7. The third-order valence-corrected chi connectivity index (χ3v) is 4.96. The minimum atomic E-state index is -0.884. The lowest BCUT2D eigenvalue weighted by Gasteiger charge is -2.39. The molecule has 2 unspecified atom stereocenters. The van der Waals surface area contributed by atoms with Gasteiger partial charge in [0, 0.05) is 18.5 Å². The van der Waals surface area contributed by atoms with Gasteiger partial charge in [0.15, 0.2) is 0 Å². The molecule has 1 N–H and O–H groups in total. The SMILES string of the molecule is CC(C)(C)OC(=O)N1CC(C(=O)O)C2(C1)CC(C)(C)OC2(C)C. The molecule has 1 spiro atoms. The molecule has 0 aliphatic carbocycles. The number of carboxylic acid groups (broad SMARTS) is 1. The molecule has 6 nitrogen and oxygen atoms in total. The smallest absolute Gasteiger partial charge is 0.410 e. The predicted octanol–water partition coefficient (Wildman–Crippen LogP) is 2.90. The zero-order chi connectivity index (χ0) is 17.8. The summed E-state index contributed by atoms with van der Waals surface area (Å²) in [7, 11) is 0. The molecule has 132 valence electrons. The van der Waals surface area contributed by atoms with E-state index in [1.54, 1.807) is 20.8 Å². The van der Waals surface area contributed by atoms with Crippen LogP contribution in [-0.4, -0.2) is 52.0 Å². The molecule has 23 heavy (non-hydrogen) atoms. The van der Waals surface area contributed by atoms with Gasteiger partial charge in [0.1, 0.15) is 5.60 Å². The molecular formula is C17H29NO5. The van der Waals surface area contributed by atoms with Crippen molar-refractivity contribution in [2.24, 2.45) is 11.3 Å². The fraction of sp³-hybridized carbons (Fsp3) is 0.882. The Kier molecular flexibility index (Phi) is 4.00. The van der Waals surface area contributed by atoms with E-state index in [0.717, 1.165) is 0 Å². The summed E-state index contributed by atoms with van der Waals surface area (Å²) in [6, 6.07) is 0. The Morgan fingerprint density at radius 2 is 1.78 bits per heavy atom. The lowest BCUT2D eigenvalue weighted by molar-refractivity contribution is -0.151. The second kappa shape index (κ2) is 5.10. The average Bonchev–Trinajstić information content (AvgIpc) is 2.73. The van der Waals surface area contributed by atoms with Crippen molar-refractivity contribution in [2.45, 2.75) is 71.7 Å². The number of hydrogen-bond donors (Lipinski definition) is 1. The Bertz CT molecular complexity index is 520. The molecule has 0 aromatic heterocycles. The molecule has 1 amide bonds. The largest absolute Gasteiger partial charge is 0.481 e. The van der Waals surface area contributed by atoms with Crippen molar-refractivity contribution in [2.75, 3.05) is 13.1 Å². The van der Waals surface area contributed by atoms with Gasteiger partial charge in [-0.2, -0.15) is 0 Å². The number of aliphatic carboxylic acids is 1. The van der Waals surface area contributed by atoms with Crippen LogP contribution in [0.2, 0.25) is 0 Å². The molecule has 2 saturated heterocycles. The molecule has 2 atom stereocenters. The second-order valence-corrected chi connectivity index (χ2v) is 8.96. The van der Waals surface area contributed by atoms with Gasteiger partial charge in [-0.1, -0.05) is 0 Å². The van der Waals surface area contributed by atoms with Gasteiger partial charge < -0.3 is 19.5 Å². The summed E-state index contributed by atoms with van der Waals surface area (Å²) in [5.41, 5.74) is -2.26. The third kappa shape index (κ3) is 3.18. The number of hydrogen-bond acceptors (Lipinski definition) is 4. The fourth-order valence-corrected chi connectivity index (χ4v) is 4.28. The van der Waals surface area contributed by atoms with Crippen LogP contribution in [-0.2, 0) is 14.3 Å². The number of ether oxygens (including phenoxy) is 2. The van der Waals surface area contributed by atoms with Crippen LogP contribution >= 0.6 is 0 Å². The van der Waals surface area contributed by atoms with Crippen molar-refractivity contribution >= 4 is 12.1 Å². The number of amides is 1. The molecule has 0 bridgehead atoms. The number of rotatable bonds is 1. The third-order valence-electron chi connectivity index (χ3n) is 4.96. The summed E-state index contributed by atoms with van der Waals surface area (Å²) in [6.07, 6.45) is 0.143. The monoisotopic (exact) mass is 327 g/mol. The van der Waals surface area contributed by atoms with Crippen molar-refractivity contribution in [1.29, 1.82) is 0 Å². The molecule has 0 saturated carbocycles. The summed E-state index contributed by atoms with van der Waals surface area (Å²) >= 11 is 0. The topological polar surface area (TPSA) is 76.1 Å². The first-order valence-electron chi connectivity index (χ1n) is 8.10. The van der Waals surface area contributed by atoms with Gasteiger partial charge in [-0.05, 0) is 54.9 Å². The fourth-order valence-electron chi connectivity index (χ4n) is 4.28. The number of carboxylic acids is 1. The first-order chi connectivity index (χ1) is 10.2. The van der Waals surface area contributed by atoms with Crippen LogP contribution < -0.4 is 0 Å². The van der Waals surface area contributed by atoms with Gasteiger partial charge in [0.05, 0.1) is 17.1 Å². The van der Waals surface area contributed by atoms with E-state index in [1.165, 1.54) is 4.90 Å². The van der Waals surface area contributed by atoms with Crippen LogP contribution in [0.4, 0.5) is 4.79 Å². The quantitative estimate of drug-likeness (QED) is 0.801. The molecule has 2 heterocycles. The van der Waals surface area contributed by atoms with Gasteiger partial charge in [-0.25, -0.2) is 4.79 Å². The zero-order valence-corrected chi connectivity index (χ0v) is 15.2. The highest BCUT2D eigenvalue weighted by Gasteiger charge is 2.66. The standard InChI is InChI=1S/C17H29NO5/c1-14(2,3)22-13(21)18-8-11(12(19)20)17(10-18)9-15(4,5)23-16(17,6)7/h11H,8-10H2,1-7H3,(H,19,20). The van der Waals surface area contributed by atoms with Gasteiger partial charge >= 0.3 is 12.1 Å². The van der Waals surface area contributed by atoms with Crippen molar-refractivity contribution < 1.29 is 24.2 Å². The maximum Gasteiger partial charge on any atom is 0.410 e. The van der Waals surface area contributed by atoms with Gasteiger partial charge in [-0.15, -0.1) is 0 Å². The van der Waals surface area contributed by atoms with Gasteiger partial charge in [-0.3, -0.25) is 4.79 Å². The molecule has 2 fully saturated rings. The van der Waals surface area contributed by atoms with Crippen molar-refractivity contribution in [3.8, 4) is 0 Å². The normalized spacial score (nSPS) is 32.3. The number of nitrogens with zero attached hydrogens (tertiary/aromatic N) is 1. The summed E-state index contributed by atoms with van der Waals surface area (Å²) < 4.78 is 11.6. The number of carbonyl (C=O) groups excluding carboxylic acids is 1. The van der Waals surface area contributed by atoms with Gasteiger partial charge in [0.2, 0.25) is 0 Å². The van der Waals surface area contributed by atoms with Crippen LogP contribution in [0.1, 0.15) is 54.9 Å². The Balaban J connectivity index is 2.33. The summed E-state index contributed by atoms with van der Waals surface area (Å²) in [4.78, 5) is 25.8. The molecule has 2 aliphatic heterocycles. The molecule has 0 aromatic carbocycles. The lowest BCUT2D eigenvalue weighted by atomic mass is 9.65. The number of likely N-dealkylation sites (tertiary alicyclic amines) is 1. The van der Waals surface area contributed by atoms with E-state index in [9.17, 15) is 14.7 Å². The Morgan fingerprint density at radius 1 is 1.22 bits per heavy atom. The first kappa shape index (κ1) is 18.0. The predicted molar refractivity (Wildman–Crippen MR) is 85.2 cm³/mol. The van der Waals surface area contributed by atoms with E-state index in [2.05, 4.69) is 0 Å². The van der Waals surface area contributed by atoms with Crippen molar-refractivity contribution in [3.05, 3.63) is 0 Å². The molecule has 0 radical (unpaired) electrons. The minimum absolute atomic E-state index is 0.160. The van der Waals surface area contributed by atoms with E-state index < -0.39 is 40.2 Å². The number of carbonyl (C=O) groups is 2. The molecule has 2 aliphatic rings. The maximum atomic E-state index is 12.4. The first-order valence-corrected chi connectivity index (χ1v) is 8.10. The van der Waals surface area contributed by atoms with E-state index >= 15 is 0 Å². The van der Waals surface area contributed by atoms with E-state index in [-0.39, 0.29) is 6.54 Å². The maximum absolute atomic E-state index is 12.4. The van der Waals surface area contributed by atoms with Crippen LogP contribution in [0.3, 0.4) is 0 Å². The highest BCUT2D eigenvalue weighted by Crippen LogP contribution is 2.58. The van der Waals surface area contributed by atoms with Gasteiger partial charge in [0.25, 0.3) is 0 Å². The molecule has 2 rings (SSSR count). The Labute approximate surface area is 138 Å². The lowest BCUT2D eigenvalue weighted by Crippen LogP contribution is -2.48. The zero-order valence-electron chi connectivity index (χ0n) is 15.2. The summed E-state index contributed by atoms with van der Waals surface area (Å²) in [5.74, 6) is -1.54. The van der Waals surface area contributed by atoms with E-state index in [4.69, 9.17) is 9.47 Å². The highest BCUT2D eigenvalue weighted by atomic mass is 16.6. The van der Waals surface area contributed by atoms with Crippen LogP contribution in [0.15, 0.2) is 0 Å².